The highest BCUT2D eigenvalue weighted by Gasteiger charge is 2.32. The van der Waals surface area contributed by atoms with Crippen LogP contribution >= 0.6 is 24.0 Å². The van der Waals surface area contributed by atoms with Gasteiger partial charge in [-0.3, -0.25) is 14.5 Å². The maximum atomic E-state index is 12.6. The van der Waals surface area contributed by atoms with E-state index < -0.39 is 5.97 Å². The minimum Gasteiger partial charge on any atom is -0.478 e. The minimum atomic E-state index is -1.07. The van der Waals surface area contributed by atoms with Crippen molar-refractivity contribution in [3.05, 3.63) is 70.6 Å². The van der Waals surface area contributed by atoms with Crippen molar-refractivity contribution in [2.24, 2.45) is 0 Å². The van der Waals surface area contributed by atoms with E-state index in [4.69, 9.17) is 17.3 Å². The Balaban J connectivity index is 1.59. The predicted octanol–water partition coefficient (Wildman–Crippen LogP) is 3.61. The van der Waals surface area contributed by atoms with Crippen LogP contribution in [0.2, 0.25) is 0 Å². The molecule has 1 aliphatic heterocycles. The van der Waals surface area contributed by atoms with Crippen LogP contribution < -0.4 is 5.32 Å². The van der Waals surface area contributed by atoms with Gasteiger partial charge in [-0.25, -0.2) is 4.79 Å². The zero-order chi connectivity index (χ0) is 20.1. The third-order valence-corrected chi connectivity index (χ3v) is 5.30. The second kappa shape index (κ2) is 8.81. The zero-order valence-corrected chi connectivity index (χ0v) is 16.3. The lowest BCUT2D eigenvalue weighted by Crippen LogP contribution is -2.31. The van der Waals surface area contributed by atoms with Crippen molar-refractivity contribution in [2.45, 2.75) is 6.42 Å². The number of rotatable bonds is 6. The molecule has 1 heterocycles. The number of aromatic carboxylic acids is 1. The number of benzene rings is 2. The largest absolute Gasteiger partial charge is 0.478 e. The summed E-state index contributed by atoms with van der Waals surface area (Å²) in [4.78, 5) is 37.7. The number of thioether (sulfide) groups is 1. The van der Waals surface area contributed by atoms with E-state index in [1.165, 1.54) is 28.8 Å². The normalized spacial score (nSPS) is 15.1. The molecule has 0 radical (unpaired) electrons. The highest BCUT2D eigenvalue weighted by atomic mass is 32.2. The van der Waals surface area contributed by atoms with Gasteiger partial charge in [0.1, 0.15) is 4.32 Å². The number of thiocarbonyl (C=S) groups is 1. The summed E-state index contributed by atoms with van der Waals surface area (Å²) in [6.45, 7) is 0.154. The molecule has 1 aliphatic rings. The molecule has 0 saturated carbocycles. The van der Waals surface area contributed by atoms with Crippen LogP contribution in [0.4, 0.5) is 5.69 Å². The molecule has 0 aliphatic carbocycles. The number of anilines is 1. The van der Waals surface area contributed by atoms with Gasteiger partial charge in [0, 0.05) is 18.7 Å². The number of carbonyl (C=O) groups is 3. The monoisotopic (exact) mass is 412 g/mol. The van der Waals surface area contributed by atoms with Gasteiger partial charge in [0.15, 0.2) is 0 Å². The predicted molar refractivity (Wildman–Crippen MR) is 113 cm³/mol. The first-order chi connectivity index (χ1) is 13.4. The summed E-state index contributed by atoms with van der Waals surface area (Å²) in [5.74, 6) is -1.62. The molecule has 2 N–H and O–H groups in total. The second-order valence-corrected chi connectivity index (χ2v) is 7.60. The Kier molecular flexibility index (Phi) is 6.23. The maximum absolute atomic E-state index is 12.6. The molecule has 0 bridgehead atoms. The third-order valence-electron chi connectivity index (χ3n) is 3.93. The molecule has 1 saturated heterocycles. The van der Waals surface area contributed by atoms with Gasteiger partial charge >= 0.3 is 5.97 Å². The summed E-state index contributed by atoms with van der Waals surface area (Å²) in [5, 5.41) is 11.6. The first kappa shape index (κ1) is 19.8. The molecule has 6 nitrogen and oxygen atoms in total. The maximum Gasteiger partial charge on any atom is 0.335 e. The highest BCUT2D eigenvalue weighted by Crippen LogP contribution is 2.32. The fourth-order valence-corrected chi connectivity index (χ4v) is 3.87. The van der Waals surface area contributed by atoms with Crippen molar-refractivity contribution in [1.29, 1.82) is 0 Å². The number of carboxylic acids is 1. The van der Waals surface area contributed by atoms with Gasteiger partial charge in [0.05, 0.1) is 10.5 Å². The summed E-state index contributed by atoms with van der Waals surface area (Å²) in [5.41, 5.74) is 1.37. The van der Waals surface area contributed by atoms with Gasteiger partial charge < -0.3 is 10.4 Å². The van der Waals surface area contributed by atoms with Crippen LogP contribution in [0.5, 0.6) is 0 Å². The molecule has 0 unspecified atom stereocenters. The average Bonchev–Trinajstić information content (AvgIpc) is 2.94. The van der Waals surface area contributed by atoms with Crippen LogP contribution in [0.15, 0.2) is 59.5 Å². The Labute approximate surface area is 171 Å². The van der Waals surface area contributed by atoms with E-state index >= 15 is 0 Å². The van der Waals surface area contributed by atoms with E-state index in [1.54, 1.807) is 18.2 Å². The highest BCUT2D eigenvalue weighted by molar-refractivity contribution is 8.26. The van der Waals surface area contributed by atoms with Crippen LogP contribution in [0.3, 0.4) is 0 Å². The van der Waals surface area contributed by atoms with Gasteiger partial charge in [-0.15, -0.1) is 0 Å². The van der Waals surface area contributed by atoms with Crippen LogP contribution in [-0.2, 0) is 9.59 Å². The first-order valence-electron chi connectivity index (χ1n) is 8.37. The summed E-state index contributed by atoms with van der Waals surface area (Å²) in [7, 11) is 0. The average molecular weight is 412 g/mol. The molecule has 2 aromatic rings. The third kappa shape index (κ3) is 4.85. The van der Waals surface area contributed by atoms with E-state index in [2.05, 4.69) is 5.32 Å². The number of carboxylic acid groups (broad SMARTS) is 1. The van der Waals surface area contributed by atoms with E-state index in [-0.39, 0.29) is 30.3 Å². The Morgan fingerprint density at radius 3 is 2.61 bits per heavy atom. The lowest BCUT2D eigenvalue weighted by Gasteiger charge is -2.14. The van der Waals surface area contributed by atoms with E-state index in [9.17, 15) is 14.4 Å². The van der Waals surface area contributed by atoms with E-state index in [0.29, 0.717) is 14.9 Å². The molecular formula is C20H16N2O4S2. The van der Waals surface area contributed by atoms with Crippen molar-refractivity contribution in [3.8, 4) is 0 Å². The Bertz CT molecular complexity index is 973. The molecule has 8 heteroatoms. The number of amides is 2. The van der Waals surface area contributed by atoms with Gasteiger partial charge in [0.25, 0.3) is 5.91 Å². The molecule has 0 aromatic heterocycles. The molecule has 28 heavy (non-hydrogen) atoms. The smallest absolute Gasteiger partial charge is 0.335 e. The first-order valence-corrected chi connectivity index (χ1v) is 9.60. The molecule has 0 spiro atoms. The number of hydrogen-bond donors (Lipinski definition) is 2. The number of nitrogens with zero attached hydrogens (tertiary/aromatic N) is 1. The lowest BCUT2D eigenvalue weighted by molar-refractivity contribution is -0.122. The molecule has 1 fully saturated rings. The van der Waals surface area contributed by atoms with Crippen molar-refractivity contribution in [1.82, 2.24) is 4.90 Å². The number of carbonyl (C=O) groups excluding carboxylic acids is 2. The SMILES string of the molecule is O=C(CCN1C(=O)C(=Cc2ccccc2)SC1=S)Nc1cccc(C(=O)O)c1. The summed E-state index contributed by atoms with van der Waals surface area (Å²) in [6.07, 6.45) is 1.82. The zero-order valence-electron chi connectivity index (χ0n) is 14.6. The van der Waals surface area contributed by atoms with Gasteiger partial charge in [-0.1, -0.05) is 60.4 Å². The Hall–Kier alpha value is -2.97. The molecule has 0 atom stereocenters. The van der Waals surface area contributed by atoms with Gasteiger partial charge in [-0.2, -0.15) is 0 Å². The molecule has 142 valence electrons. The number of hydrogen-bond acceptors (Lipinski definition) is 5. The van der Waals surface area contributed by atoms with Crippen LogP contribution in [-0.4, -0.2) is 38.7 Å². The Morgan fingerprint density at radius 1 is 1.14 bits per heavy atom. The van der Waals surface area contributed by atoms with E-state index in [0.717, 1.165) is 5.56 Å². The van der Waals surface area contributed by atoms with Crippen molar-refractivity contribution < 1.29 is 19.5 Å². The van der Waals surface area contributed by atoms with Crippen molar-refractivity contribution in [3.63, 3.8) is 0 Å². The standard InChI is InChI=1S/C20H16N2O4S2/c23-17(21-15-8-4-7-14(12-15)19(25)26)9-10-22-18(24)16(28-20(22)27)11-13-5-2-1-3-6-13/h1-8,11-12H,9-10H2,(H,21,23)(H,25,26). The van der Waals surface area contributed by atoms with Gasteiger partial charge in [0.2, 0.25) is 5.91 Å². The van der Waals surface area contributed by atoms with Gasteiger partial charge in [-0.05, 0) is 29.8 Å². The molecule has 2 aromatic carbocycles. The topological polar surface area (TPSA) is 86.7 Å². The molecular weight excluding hydrogens is 396 g/mol. The fourth-order valence-electron chi connectivity index (χ4n) is 2.56. The van der Waals surface area contributed by atoms with Crippen molar-refractivity contribution >= 4 is 57.8 Å². The molecule has 3 rings (SSSR count). The van der Waals surface area contributed by atoms with Crippen LogP contribution in [0.1, 0.15) is 22.3 Å². The number of nitrogens with one attached hydrogen (secondary N) is 1. The molecule has 2 amide bonds. The minimum absolute atomic E-state index is 0.0440. The fraction of sp³-hybridized carbons (Fsp3) is 0.100. The summed E-state index contributed by atoms with van der Waals surface area (Å²) < 4.78 is 0.410. The van der Waals surface area contributed by atoms with Crippen LogP contribution in [0, 0.1) is 0 Å². The second-order valence-electron chi connectivity index (χ2n) is 5.93. The Morgan fingerprint density at radius 2 is 1.89 bits per heavy atom. The quantitative estimate of drug-likeness (QED) is 0.557. The summed E-state index contributed by atoms with van der Waals surface area (Å²) >= 11 is 6.48. The van der Waals surface area contributed by atoms with Crippen LogP contribution in [0.25, 0.3) is 6.08 Å². The van der Waals surface area contributed by atoms with E-state index in [1.807, 2.05) is 30.3 Å². The lowest BCUT2D eigenvalue weighted by atomic mass is 10.2. The van der Waals surface area contributed by atoms with Crippen molar-refractivity contribution in [2.75, 3.05) is 11.9 Å². The summed E-state index contributed by atoms with van der Waals surface area (Å²) in [6, 6.07) is 15.4.